The van der Waals surface area contributed by atoms with Crippen LogP contribution in [0.3, 0.4) is 0 Å². The van der Waals surface area contributed by atoms with Crippen molar-refractivity contribution in [3.63, 3.8) is 0 Å². The number of pyridine rings is 2. The van der Waals surface area contributed by atoms with Crippen molar-refractivity contribution in [1.29, 1.82) is 0 Å². The van der Waals surface area contributed by atoms with Gasteiger partial charge >= 0.3 is 5.97 Å². The maximum Gasteiger partial charge on any atom is 0.325 e. The largest absolute Gasteiger partial charge is 0.468 e. The number of methoxy groups -OCH3 is 1. The van der Waals surface area contributed by atoms with Gasteiger partial charge in [-0.2, -0.15) is 0 Å². The summed E-state index contributed by atoms with van der Waals surface area (Å²) >= 11 is 0. The van der Waals surface area contributed by atoms with Crippen molar-refractivity contribution in [3.8, 4) is 0 Å². The van der Waals surface area contributed by atoms with E-state index in [2.05, 4.69) is 15.0 Å². The van der Waals surface area contributed by atoms with Gasteiger partial charge in [-0.05, 0) is 18.2 Å². The van der Waals surface area contributed by atoms with Gasteiger partial charge in [0.25, 0.3) is 11.5 Å². The molecule has 0 fully saturated rings. The molecular weight excluding hydrogens is 334 g/mol. The molecule has 0 aliphatic rings. The minimum absolute atomic E-state index is 0.212. The first-order chi connectivity index (χ1) is 12.6. The molecule has 7 nitrogen and oxygen atoms in total. The van der Waals surface area contributed by atoms with Crippen LogP contribution in [0.4, 0.5) is 0 Å². The number of nitrogens with one attached hydrogen (secondary N) is 1. The Morgan fingerprint density at radius 2 is 1.85 bits per heavy atom. The molecule has 3 aromatic rings. The number of esters is 1. The molecule has 26 heavy (non-hydrogen) atoms. The zero-order valence-corrected chi connectivity index (χ0v) is 14.1. The van der Waals surface area contributed by atoms with E-state index < -0.39 is 11.9 Å². The summed E-state index contributed by atoms with van der Waals surface area (Å²) in [5.41, 5.74) is 0.793. The Bertz CT molecular complexity index is 1010. The van der Waals surface area contributed by atoms with E-state index in [-0.39, 0.29) is 18.6 Å². The van der Waals surface area contributed by atoms with Crippen LogP contribution in [0.2, 0.25) is 0 Å². The second-order valence-electron chi connectivity index (χ2n) is 5.60. The van der Waals surface area contributed by atoms with Crippen molar-refractivity contribution < 1.29 is 14.3 Å². The molecular formula is C19H17N3O4. The third-order valence-corrected chi connectivity index (χ3v) is 3.92. The Hall–Kier alpha value is -3.48. The minimum Gasteiger partial charge on any atom is -0.468 e. The van der Waals surface area contributed by atoms with Crippen LogP contribution in [-0.4, -0.2) is 35.1 Å². The number of aromatic nitrogens is 2. The van der Waals surface area contributed by atoms with Gasteiger partial charge in [0.05, 0.1) is 24.9 Å². The zero-order valence-electron chi connectivity index (χ0n) is 14.1. The summed E-state index contributed by atoms with van der Waals surface area (Å²) in [6.07, 6.45) is 3.14. The Labute approximate surface area is 149 Å². The zero-order chi connectivity index (χ0) is 18.5. The van der Waals surface area contributed by atoms with E-state index in [0.29, 0.717) is 22.0 Å². The second-order valence-corrected chi connectivity index (χ2v) is 5.60. The maximum absolute atomic E-state index is 12.7. The molecule has 2 aromatic heterocycles. The molecule has 7 heteroatoms. The van der Waals surface area contributed by atoms with Gasteiger partial charge in [0.15, 0.2) is 0 Å². The van der Waals surface area contributed by atoms with Crippen molar-refractivity contribution in [2.75, 3.05) is 13.7 Å². The van der Waals surface area contributed by atoms with Gasteiger partial charge in [-0.1, -0.05) is 24.3 Å². The number of hydrogen-bond acceptors (Lipinski definition) is 5. The summed E-state index contributed by atoms with van der Waals surface area (Å²) in [5, 5.41) is 3.46. The number of ether oxygens (including phenoxy) is 1. The van der Waals surface area contributed by atoms with Crippen LogP contribution in [0.15, 0.2) is 59.7 Å². The van der Waals surface area contributed by atoms with Gasteiger partial charge in [0.2, 0.25) is 0 Å². The fourth-order valence-corrected chi connectivity index (χ4v) is 2.63. The molecule has 0 atom stereocenters. The van der Waals surface area contributed by atoms with E-state index in [1.165, 1.54) is 17.9 Å². The van der Waals surface area contributed by atoms with Crippen LogP contribution in [-0.2, 0) is 16.1 Å². The van der Waals surface area contributed by atoms with Gasteiger partial charge in [-0.15, -0.1) is 0 Å². The van der Waals surface area contributed by atoms with Crippen LogP contribution >= 0.6 is 0 Å². The fourth-order valence-electron chi connectivity index (χ4n) is 2.63. The van der Waals surface area contributed by atoms with Crippen molar-refractivity contribution >= 4 is 22.6 Å². The van der Waals surface area contributed by atoms with Gasteiger partial charge in [0, 0.05) is 23.2 Å². The standard InChI is InChI=1S/C19H17N3O4/c1-26-17(23)10-21-18(24)16-12-22(11-13-6-4-5-9-20-13)19(25)15-8-3-2-7-14(15)16/h2-9,12H,10-11H2,1H3,(H,21,24). The molecule has 0 aliphatic heterocycles. The Morgan fingerprint density at radius 1 is 1.12 bits per heavy atom. The highest BCUT2D eigenvalue weighted by Crippen LogP contribution is 2.16. The first-order valence-electron chi connectivity index (χ1n) is 7.97. The molecule has 0 radical (unpaired) electrons. The third-order valence-electron chi connectivity index (χ3n) is 3.92. The highest BCUT2D eigenvalue weighted by atomic mass is 16.5. The monoisotopic (exact) mass is 351 g/mol. The molecule has 1 amide bonds. The summed E-state index contributed by atoms with van der Waals surface area (Å²) in [6.45, 7) is -0.00911. The molecule has 1 aromatic carbocycles. The van der Waals surface area contributed by atoms with Crippen LogP contribution in [0.1, 0.15) is 16.1 Å². The normalized spacial score (nSPS) is 10.5. The van der Waals surface area contributed by atoms with Gasteiger partial charge in [-0.3, -0.25) is 19.4 Å². The number of amides is 1. The highest BCUT2D eigenvalue weighted by molar-refractivity contribution is 6.07. The van der Waals surface area contributed by atoms with E-state index in [1.807, 2.05) is 6.07 Å². The summed E-state index contributed by atoms with van der Waals surface area (Å²) in [5.74, 6) is -1.01. The number of benzene rings is 1. The molecule has 0 unspecified atom stereocenters. The number of fused-ring (bicyclic) bond motifs is 1. The summed E-state index contributed by atoms with van der Waals surface area (Å²) in [4.78, 5) is 40.8. The Kier molecular flexibility index (Phi) is 5.07. The number of carbonyl (C=O) groups is 2. The minimum atomic E-state index is -0.551. The number of rotatable bonds is 5. The lowest BCUT2D eigenvalue weighted by atomic mass is 10.1. The van der Waals surface area contributed by atoms with E-state index in [4.69, 9.17) is 0 Å². The van der Waals surface area contributed by atoms with Crippen molar-refractivity contribution in [3.05, 3.63) is 76.5 Å². The first kappa shape index (κ1) is 17.3. The van der Waals surface area contributed by atoms with Crippen LogP contribution in [0.25, 0.3) is 10.8 Å². The van der Waals surface area contributed by atoms with Gasteiger partial charge in [-0.25, -0.2) is 0 Å². The van der Waals surface area contributed by atoms with Gasteiger partial charge in [0.1, 0.15) is 6.54 Å². The summed E-state index contributed by atoms with van der Waals surface area (Å²) < 4.78 is 5.97. The molecule has 0 aliphatic carbocycles. The number of carbonyl (C=O) groups excluding carboxylic acids is 2. The van der Waals surface area contributed by atoms with E-state index in [0.717, 1.165) is 0 Å². The van der Waals surface area contributed by atoms with Crippen LogP contribution in [0, 0.1) is 0 Å². The molecule has 132 valence electrons. The molecule has 0 spiro atoms. The van der Waals surface area contributed by atoms with E-state index >= 15 is 0 Å². The molecule has 0 saturated carbocycles. The smallest absolute Gasteiger partial charge is 0.325 e. The third kappa shape index (κ3) is 3.61. The number of nitrogens with zero attached hydrogens (tertiary/aromatic N) is 2. The Morgan fingerprint density at radius 3 is 2.54 bits per heavy atom. The van der Waals surface area contributed by atoms with E-state index in [1.54, 1.807) is 42.6 Å². The van der Waals surface area contributed by atoms with Crippen molar-refractivity contribution in [1.82, 2.24) is 14.9 Å². The topological polar surface area (TPSA) is 90.3 Å². The summed E-state index contributed by atoms with van der Waals surface area (Å²) in [7, 11) is 1.25. The average molecular weight is 351 g/mol. The predicted molar refractivity (Wildman–Crippen MR) is 95.9 cm³/mol. The Balaban J connectivity index is 2.04. The van der Waals surface area contributed by atoms with Crippen LogP contribution in [0.5, 0.6) is 0 Å². The lowest BCUT2D eigenvalue weighted by molar-refractivity contribution is -0.139. The van der Waals surface area contributed by atoms with E-state index in [9.17, 15) is 14.4 Å². The molecule has 1 N–H and O–H groups in total. The quantitative estimate of drug-likeness (QED) is 0.701. The lowest BCUT2D eigenvalue weighted by Crippen LogP contribution is -2.32. The molecule has 3 rings (SSSR count). The molecule has 2 heterocycles. The predicted octanol–water partition coefficient (Wildman–Crippen LogP) is 1.35. The molecule has 0 saturated heterocycles. The van der Waals surface area contributed by atoms with Crippen LogP contribution < -0.4 is 10.9 Å². The summed E-state index contributed by atoms with van der Waals surface area (Å²) in [6, 6.07) is 12.3. The van der Waals surface area contributed by atoms with Gasteiger partial charge < -0.3 is 14.6 Å². The highest BCUT2D eigenvalue weighted by Gasteiger charge is 2.16. The number of hydrogen-bond donors (Lipinski definition) is 1. The van der Waals surface area contributed by atoms with Crippen molar-refractivity contribution in [2.24, 2.45) is 0 Å². The molecule has 0 bridgehead atoms. The maximum atomic E-state index is 12.7. The SMILES string of the molecule is COC(=O)CNC(=O)c1cn(Cc2ccccn2)c(=O)c2ccccc12. The second kappa shape index (κ2) is 7.60. The lowest BCUT2D eigenvalue weighted by Gasteiger charge is -2.12. The fraction of sp³-hybridized carbons (Fsp3) is 0.158. The first-order valence-corrected chi connectivity index (χ1v) is 7.97. The average Bonchev–Trinajstić information content (AvgIpc) is 2.68. The van der Waals surface area contributed by atoms with Crippen molar-refractivity contribution in [2.45, 2.75) is 6.54 Å².